The fourth-order valence-corrected chi connectivity index (χ4v) is 4.41. The fourth-order valence-electron chi connectivity index (χ4n) is 4.41. The Labute approximate surface area is 197 Å². The molecule has 0 radical (unpaired) electrons. The Morgan fingerprint density at radius 1 is 0.941 bits per heavy atom. The molecule has 0 aliphatic heterocycles. The van der Waals surface area contributed by atoms with Gasteiger partial charge in [0.1, 0.15) is 5.76 Å². The number of rotatable bonds is 7. The smallest absolute Gasteiger partial charge is 0.416 e. The molecule has 1 aliphatic rings. The lowest BCUT2D eigenvalue weighted by atomic mass is 9.93. The van der Waals surface area contributed by atoms with E-state index in [1.807, 2.05) is 31.2 Å². The summed E-state index contributed by atoms with van der Waals surface area (Å²) in [5.74, 6) is 0.572. The number of benzene rings is 2. The largest absolute Gasteiger partial charge is 0.455 e. The van der Waals surface area contributed by atoms with Crippen molar-refractivity contribution in [2.75, 3.05) is 5.32 Å². The third kappa shape index (κ3) is 6.29. The van der Waals surface area contributed by atoms with Crippen LogP contribution in [0.5, 0.6) is 0 Å². The highest BCUT2D eigenvalue weighted by Gasteiger charge is 2.30. The van der Waals surface area contributed by atoms with Crippen LogP contribution in [-0.4, -0.2) is 16.8 Å². The highest BCUT2D eigenvalue weighted by molar-refractivity contribution is 6.02. The van der Waals surface area contributed by atoms with Crippen LogP contribution >= 0.6 is 0 Å². The molecule has 1 N–H and O–H groups in total. The lowest BCUT2D eigenvalue weighted by molar-refractivity contribution is -0.137. The molecule has 1 fully saturated rings. The van der Waals surface area contributed by atoms with Gasteiger partial charge >= 0.3 is 6.18 Å². The number of alkyl halides is 3. The highest BCUT2D eigenvalue weighted by Crippen LogP contribution is 2.30. The number of hydrogen-bond donors (Lipinski definition) is 1. The molecule has 1 saturated carbocycles. The molecule has 0 saturated heterocycles. The summed E-state index contributed by atoms with van der Waals surface area (Å²) in [6, 6.07) is 16.7. The molecule has 4 nitrogen and oxygen atoms in total. The van der Waals surface area contributed by atoms with Crippen LogP contribution in [0.2, 0.25) is 0 Å². The molecule has 2 aromatic carbocycles. The van der Waals surface area contributed by atoms with Gasteiger partial charge < -0.3 is 9.73 Å². The van der Waals surface area contributed by atoms with Gasteiger partial charge in [0, 0.05) is 18.3 Å². The molecule has 0 atom stereocenters. The topological polar surface area (TPSA) is 45.5 Å². The van der Waals surface area contributed by atoms with Gasteiger partial charge in [-0.2, -0.15) is 13.2 Å². The van der Waals surface area contributed by atoms with Crippen LogP contribution in [0.1, 0.15) is 65.1 Å². The van der Waals surface area contributed by atoms with Crippen molar-refractivity contribution in [2.45, 2.75) is 64.3 Å². The first-order valence-electron chi connectivity index (χ1n) is 11.6. The lowest BCUT2D eigenvalue weighted by Gasteiger charge is -2.34. The maximum Gasteiger partial charge on any atom is 0.416 e. The van der Waals surface area contributed by atoms with E-state index in [-0.39, 0.29) is 11.7 Å². The van der Waals surface area contributed by atoms with Crippen molar-refractivity contribution in [3.05, 3.63) is 88.9 Å². The first-order valence-corrected chi connectivity index (χ1v) is 11.6. The van der Waals surface area contributed by atoms with Gasteiger partial charge in [-0.15, -0.1) is 0 Å². The summed E-state index contributed by atoms with van der Waals surface area (Å²) in [6.45, 7) is 2.99. The van der Waals surface area contributed by atoms with Crippen LogP contribution in [0.3, 0.4) is 0 Å². The van der Waals surface area contributed by atoms with E-state index in [0.29, 0.717) is 30.6 Å². The minimum Gasteiger partial charge on any atom is -0.455 e. The van der Waals surface area contributed by atoms with Crippen LogP contribution in [-0.2, 0) is 19.3 Å². The van der Waals surface area contributed by atoms with Gasteiger partial charge in [0.2, 0.25) is 0 Å². The predicted molar refractivity (Wildman–Crippen MR) is 125 cm³/mol. The van der Waals surface area contributed by atoms with E-state index in [1.54, 1.807) is 24.3 Å². The maximum atomic E-state index is 12.9. The Hall–Kier alpha value is -3.06. The van der Waals surface area contributed by atoms with Crippen molar-refractivity contribution in [3.8, 4) is 0 Å². The zero-order valence-electron chi connectivity index (χ0n) is 19.2. The fraction of sp³-hybridized carbons (Fsp3) is 0.370. The second-order valence-electron chi connectivity index (χ2n) is 8.98. The maximum absolute atomic E-state index is 12.9. The number of furan rings is 1. The second-order valence-corrected chi connectivity index (χ2v) is 8.98. The quantitative estimate of drug-likeness (QED) is 0.397. The number of anilines is 1. The summed E-state index contributed by atoms with van der Waals surface area (Å²) in [7, 11) is 0. The van der Waals surface area contributed by atoms with Crippen molar-refractivity contribution < 1.29 is 22.4 Å². The SMILES string of the molecule is Cc1ccc(NC(=O)c2ccc(CN(Cc3ccc(C(F)(F)F)cc3)C3CCCCC3)o2)cc1. The summed E-state index contributed by atoms with van der Waals surface area (Å²) in [4.78, 5) is 14.8. The molecular formula is C27H29F3N2O2. The molecular weight excluding hydrogens is 441 g/mol. The standard InChI is InChI=1S/C27H29F3N2O2/c1-19-7-13-22(14-8-19)31-26(33)25-16-15-24(34-25)18-32(23-5-3-2-4-6-23)17-20-9-11-21(12-10-20)27(28,29)30/h7-16,23H,2-6,17-18H2,1H3,(H,31,33). The summed E-state index contributed by atoms with van der Waals surface area (Å²) >= 11 is 0. The molecule has 7 heteroatoms. The number of carbonyl (C=O) groups excluding carboxylic acids is 1. The molecule has 3 aromatic rings. The van der Waals surface area contributed by atoms with Gasteiger partial charge in [0.25, 0.3) is 5.91 Å². The van der Waals surface area contributed by atoms with E-state index in [1.165, 1.54) is 6.42 Å². The molecule has 4 rings (SSSR count). The Morgan fingerprint density at radius 2 is 1.62 bits per heavy atom. The summed E-state index contributed by atoms with van der Waals surface area (Å²) in [6.07, 6.45) is 1.22. The molecule has 1 amide bonds. The summed E-state index contributed by atoms with van der Waals surface area (Å²) in [5.41, 5.74) is 1.98. The lowest BCUT2D eigenvalue weighted by Crippen LogP contribution is -2.35. The zero-order valence-corrected chi connectivity index (χ0v) is 19.2. The Kier molecular flexibility index (Phi) is 7.41. The normalized spacial score (nSPS) is 15.0. The molecule has 34 heavy (non-hydrogen) atoms. The molecule has 0 spiro atoms. The summed E-state index contributed by atoms with van der Waals surface area (Å²) in [5, 5.41) is 2.83. The number of carbonyl (C=O) groups is 1. The van der Waals surface area contributed by atoms with Gasteiger partial charge in [0.05, 0.1) is 12.1 Å². The van der Waals surface area contributed by atoms with Crippen LogP contribution in [0.25, 0.3) is 0 Å². The van der Waals surface area contributed by atoms with Crippen molar-refractivity contribution in [1.29, 1.82) is 0 Å². The van der Waals surface area contributed by atoms with Gasteiger partial charge in [-0.05, 0) is 61.7 Å². The first-order chi connectivity index (χ1) is 16.3. The zero-order chi connectivity index (χ0) is 24.1. The Balaban J connectivity index is 1.45. The van der Waals surface area contributed by atoms with Gasteiger partial charge in [0.15, 0.2) is 5.76 Å². The predicted octanol–water partition coefficient (Wildman–Crippen LogP) is 7.19. The van der Waals surface area contributed by atoms with Crippen molar-refractivity contribution in [1.82, 2.24) is 4.90 Å². The number of hydrogen-bond acceptors (Lipinski definition) is 3. The highest BCUT2D eigenvalue weighted by atomic mass is 19.4. The average molecular weight is 471 g/mol. The van der Waals surface area contributed by atoms with E-state index in [0.717, 1.165) is 48.9 Å². The molecule has 1 aromatic heterocycles. The molecule has 0 unspecified atom stereocenters. The molecule has 1 aliphatic carbocycles. The first kappa shape index (κ1) is 24.1. The minimum absolute atomic E-state index is 0.230. The molecule has 0 bridgehead atoms. The van der Waals surface area contributed by atoms with Crippen molar-refractivity contribution in [3.63, 3.8) is 0 Å². The van der Waals surface area contributed by atoms with E-state index in [9.17, 15) is 18.0 Å². The Bertz CT molecular complexity index is 1080. The van der Waals surface area contributed by atoms with Gasteiger partial charge in [-0.3, -0.25) is 9.69 Å². The number of amides is 1. The molecule has 180 valence electrons. The van der Waals surface area contributed by atoms with Crippen molar-refractivity contribution >= 4 is 11.6 Å². The van der Waals surface area contributed by atoms with Gasteiger partial charge in [-0.25, -0.2) is 0 Å². The number of aryl methyl sites for hydroxylation is 1. The number of nitrogens with zero attached hydrogens (tertiary/aromatic N) is 1. The van der Waals surface area contributed by atoms with E-state index in [4.69, 9.17) is 4.42 Å². The second kappa shape index (κ2) is 10.5. The Morgan fingerprint density at radius 3 is 2.26 bits per heavy atom. The van der Waals surface area contributed by atoms with Crippen LogP contribution in [0, 0.1) is 6.92 Å². The number of nitrogens with one attached hydrogen (secondary N) is 1. The van der Waals surface area contributed by atoms with Crippen LogP contribution < -0.4 is 5.32 Å². The van der Waals surface area contributed by atoms with E-state index in [2.05, 4.69) is 10.2 Å². The van der Waals surface area contributed by atoms with E-state index < -0.39 is 11.7 Å². The third-order valence-corrected chi connectivity index (χ3v) is 6.31. The third-order valence-electron chi connectivity index (χ3n) is 6.31. The van der Waals surface area contributed by atoms with Gasteiger partial charge in [-0.1, -0.05) is 49.1 Å². The summed E-state index contributed by atoms with van der Waals surface area (Å²) < 4.78 is 44.6. The minimum atomic E-state index is -4.34. The van der Waals surface area contributed by atoms with Crippen LogP contribution in [0.4, 0.5) is 18.9 Å². The van der Waals surface area contributed by atoms with Crippen molar-refractivity contribution in [2.24, 2.45) is 0 Å². The monoisotopic (exact) mass is 470 g/mol. The van der Waals surface area contributed by atoms with E-state index >= 15 is 0 Å². The van der Waals surface area contributed by atoms with Crippen LogP contribution in [0.15, 0.2) is 65.1 Å². The number of halogens is 3. The molecule has 1 heterocycles. The average Bonchev–Trinajstić information content (AvgIpc) is 3.29.